The van der Waals surface area contributed by atoms with Gasteiger partial charge in [-0.1, -0.05) is 12.1 Å². The molecule has 0 saturated heterocycles. The fraction of sp³-hybridized carbons (Fsp3) is 0.294. The van der Waals surface area contributed by atoms with Crippen molar-refractivity contribution in [2.75, 3.05) is 26.1 Å². The minimum atomic E-state index is 0.582. The molecule has 0 saturated carbocycles. The van der Waals surface area contributed by atoms with E-state index in [1.54, 1.807) is 7.11 Å². The smallest absolute Gasteiger partial charge is 0.119 e. The lowest BCUT2D eigenvalue weighted by Gasteiger charge is -2.08. The van der Waals surface area contributed by atoms with Crippen LogP contribution in [0.4, 0.5) is 5.69 Å². The van der Waals surface area contributed by atoms with Gasteiger partial charge < -0.3 is 19.9 Å². The summed E-state index contributed by atoms with van der Waals surface area (Å²) in [6, 6.07) is 15.3. The van der Waals surface area contributed by atoms with Gasteiger partial charge in [-0.3, -0.25) is 0 Å². The first-order valence-corrected chi connectivity index (χ1v) is 6.97. The molecule has 0 fully saturated rings. The second-order valence-electron chi connectivity index (χ2n) is 4.68. The summed E-state index contributed by atoms with van der Waals surface area (Å²) < 4.78 is 16.4. The van der Waals surface area contributed by atoms with Gasteiger partial charge in [-0.25, -0.2) is 0 Å². The average molecular weight is 287 g/mol. The number of ether oxygens (including phenoxy) is 3. The molecule has 0 amide bonds. The zero-order valence-electron chi connectivity index (χ0n) is 12.2. The second kappa shape index (κ2) is 8.17. The van der Waals surface area contributed by atoms with Crippen molar-refractivity contribution in [3.05, 3.63) is 54.1 Å². The van der Waals surface area contributed by atoms with Crippen LogP contribution >= 0.6 is 0 Å². The first-order chi connectivity index (χ1) is 10.3. The highest BCUT2D eigenvalue weighted by atomic mass is 16.5. The maximum absolute atomic E-state index is 5.62. The summed E-state index contributed by atoms with van der Waals surface area (Å²) in [5, 5.41) is 0. The molecule has 0 aliphatic heterocycles. The summed E-state index contributed by atoms with van der Waals surface area (Å²) >= 11 is 0. The van der Waals surface area contributed by atoms with Crippen LogP contribution in [0.2, 0.25) is 0 Å². The number of nitrogen functional groups attached to an aromatic ring is 1. The van der Waals surface area contributed by atoms with Gasteiger partial charge in [-0.2, -0.15) is 0 Å². The van der Waals surface area contributed by atoms with Crippen molar-refractivity contribution in [3.63, 3.8) is 0 Å². The zero-order valence-corrected chi connectivity index (χ0v) is 12.2. The molecule has 2 N–H and O–H groups in total. The van der Waals surface area contributed by atoms with Crippen molar-refractivity contribution < 1.29 is 14.2 Å². The van der Waals surface area contributed by atoms with Crippen molar-refractivity contribution in [2.45, 2.75) is 13.0 Å². The van der Waals surface area contributed by atoms with Gasteiger partial charge in [-0.05, 0) is 42.0 Å². The third-order valence-corrected chi connectivity index (χ3v) is 2.98. The Labute approximate surface area is 125 Å². The lowest BCUT2D eigenvalue weighted by atomic mass is 10.2. The van der Waals surface area contributed by atoms with Crippen LogP contribution in [0.25, 0.3) is 0 Å². The van der Waals surface area contributed by atoms with Crippen molar-refractivity contribution in [1.29, 1.82) is 0 Å². The average Bonchev–Trinajstić information content (AvgIpc) is 2.52. The van der Waals surface area contributed by atoms with Crippen molar-refractivity contribution in [2.24, 2.45) is 0 Å². The van der Waals surface area contributed by atoms with E-state index in [0.717, 1.165) is 29.2 Å². The molecule has 112 valence electrons. The number of hydrogen-bond donors (Lipinski definition) is 1. The Bertz CT molecular complexity index is 540. The number of nitrogens with two attached hydrogens (primary N) is 1. The third-order valence-electron chi connectivity index (χ3n) is 2.98. The SMILES string of the molecule is COc1cccc(COCCCOc2ccc(N)cc2)c1. The molecule has 2 aromatic rings. The maximum atomic E-state index is 5.62. The van der Waals surface area contributed by atoms with Crippen LogP contribution in [-0.4, -0.2) is 20.3 Å². The minimum Gasteiger partial charge on any atom is -0.497 e. The number of anilines is 1. The highest BCUT2D eigenvalue weighted by Crippen LogP contribution is 2.14. The standard InChI is InChI=1S/C17H21NO3/c1-19-17-5-2-4-14(12-17)13-20-10-3-11-21-16-8-6-15(18)7-9-16/h2,4-9,12H,3,10-11,13,18H2,1H3. The Hall–Kier alpha value is -2.20. The molecule has 21 heavy (non-hydrogen) atoms. The zero-order chi connectivity index (χ0) is 14.9. The minimum absolute atomic E-state index is 0.582. The normalized spacial score (nSPS) is 10.3. The number of methoxy groups -OCH3 is 1. The van der Waals surface area contributed by atoms with Gasteiger partial charge in [0.1, 0.15) is 11.5 Å². The Kier molecular flexibility index (Phi) is 5.91. The van der Waals surface area contributed by atoms with E-state index in [9.17, 15) is 0 Å². The van der Waals surface area contributed by atoms with Gasteiger partial charge >= 0.3 is 0 Å². The summed E-state index contributed by atoms with van der Waals surface area (Å²) in [4.78, 5) is 0. The summed E-state index contributed by atoms with van der Waals surface area (Å²) in [5.41, 5.74) is 7.46. The van der Waals surface area contributed by atoms with E-state index in [1.807, 2.05) is 48.5 Å². The number of benzene rings is 2. The first-order valence-electron chi connectivity index (χ1n) is 6.97. The van der Waals surface area contributed by atoms with Crippen LogP contribution in [-0.2, 0) is 11.3 Å². The van der Waals surface area contributed by atoms with E-state index >= 15 is 0 Å². The van der Waals surface area contributed by atoms with Crippen molar-refractivity contribution in [3.8, 4) is 11.5 Å². The van der Waals surface area contributed by atoms with Crippen LogP contribution in [0.15, 0.2) is 48.5 Å². The molecule has 0 heterocycles. The first kappa shape index (κ1) is 15.2. The van der Waals surface area contributed by atoms with Gasteiger partial charge in [0.25, 0.3) is 0 Å². The molecule has 0 unspecified atom stereocenters. The van der Waals surface area contributed by atoms with Gasteiger partial charge in [0.15, 0.2) is 0 Å². The lowest BCUT2D eigenvalue weighted by Crippen LogP contribution is -2.03. The van der Waals surface area contributed by atoms with E-state index < -0.39 is 0 Å². The molecule has 0 radical (unpaired) electrons. The van der Waals surface area contributed by atoms with Crippen molar-refractivity contribution in [1.82, 2.24) is 0 Å². The fourth-order valence-electron chi connectivity index (χ4n) is 1.87. The van der Waals surface area contributed by atoms with E-state index in [4.69, 9.17) is 19.9 Å². The molecule has 4 heteroatoms. The van der Waals surface area contributed by atoms with Gasteiger partial charge in [0.05, 0.1) is 26.9 Å². The van der Waals surface area contributed by atoms with Crippen LogP contribution in [0.5, 0.6) is 11.5 Å². The van der Waals surface area contributed by atoms with Gasteiger partial charge in [-0.15, -0.1) is 0 Å². The molecule has 0 aliphatic rings. The molecule has 0 spiro atoms. The van der Waals surface area contributed by atoms with E-state index in [2.05, 4.69) is 0 Å². The van der Waals surface area contributed by atoms with E-state index in [1.165, 1.54) is 0 Å². The molecule has 0 aromatic heterocycles. The molecule has 0 aliphatic carbocycles. The summed E-state index contributed by atoms with van der Waals surface area (Å²) in [7, 11) is 1.66. The number of rotatable bonds is 8. The quantitative estimate of drug-likeness (QED) is 0.598. The molecule has 4 nitrogen and oxygen atoms in total. The van der Waals surface area contributed by atoms with Gasteiger partial charge in [0.2, 0.25) is 0 Å². The molecule has 2 aromatic carbocycles. The fourth-order valence-corrected chi connectivity index (χ4v) is 1.87. The topological polar surface area (TPSA) is 53.7 Å². The Morgan fingerprint density at radius 1 is 0.952 bits per heavy atom. The van der Waals surface area contributed by atoms with Crippen LogP contribution in [0, 0.1) is 0 Å². The second-order valence-corrected chi connectivity index (χ2v) is 4.68. The van der Waals surface area contributed by atoms with Crippen LogP contribution < -0.4 is 15.2 Å². The molecule has 0 atom stereocenters. The number of hydrogen-bond acceptors (Lipinski definition) is 4. The lowest BCUT2D eigenvalue weighted by molar-refractivity contribution is 0.107. The summed E-state index contributed by atoms with van der Waals surface area (Å²) in [6.45, 7) is 1.87. The largest absolute Gasteiger partial charge is 0.497 e. The Balaban J connectivity index is 1.60. The predicted octanol–water partition coefficient (Wildman–Crippen LogP) is 3.26. The molecule has 0 bridgehead atoms. The van der Waals surface area contributed by atoms with Crippen LogP contribution in [0.3, 0.4) is 0 Å². The predicted molar refractivity (Wildman–Crippen MR) is 83.6 cm³/mol. The van der Waals surface area contributed by atoms with E-state index in [-0.39, 0.29) is 0 Å². The Morgan fingerprint density at radius 2 is 1.76 bits per heavy atom. The monoisotopic (exact) mass is 287 g/mol. The Morgan fingerprint density at radius 3 is 2.52 bits per heavy atom. The summed E-state index contributed by atoms with van der Waals surface area (Å²) in [6.07, 6.45) is 0.842. The summed E-state index contributed by atoms with van der Waals surface area (Å²) in [5.74, 6) is 1.68. The van der Waals surface area contributed by atoms with Crippen molar-refractivity contribution >= 4 is 5.69 Å². The van der Waals surface area contributed by atoms with Gasteiger partial charge in [0, 0.05) is 12.1 Å². The molecule has 2 rings (SSSR count). The third kappa shape index (κ3) is 5.36. The highest BCUT2D eigenvalue weighted by Gasteiger charge is 1.97. The van der Waals surface area contributed by atoms with E-state index in [0.29, 0.717) is 19.8 Å². The maximum Gasteiger partial charge on any atom is 0.119 e. The molecular weight excluding hydrogens is 266 g/mol. The highest BCUT2D eigenvalue weighted by molar-refractivity contribution is 5.41. The van der Waals surface area contributed by atoms with Crippen LogP contribution in [0.1, 0.15) is 12.0 Å². The molecular formula is C17H21NO3.